The lowest BCUT2D eigenvalue weighted by molar-refractivity contribution is 0.553. The predicted octanol–water partition coefficient (Wildman–Crippen LogP) is 2.91. The Bertz CT molecular complexity index is 539. The maximum Gasteiger partial charge on any atom is 0.129 e. The van der Waals surface area contributed by atoms with Crippen LogP contribution in [0.15, 0.2) is 30.7 Å². The smallest absolute Gasteiger partial charge is 0.129 e. The Kier molecular flexibility index (Phi) is 3.99. The van der Waals surface area contributed by atoms with E-state index in [1.165, 1.54) is 6.07 Å². The highest BCUT2D eigenvalue weighted by Gasteiger charge is 2.19. The molecule has 1 unspecified atom stereocenters. The molecule has 1 aromatic heterocycles. The third-order valence-electron chi connectivity index (χ3n) is 2.70. The molecule has 0 aliphatic carbocycles. The first-order valence-electron chi connectivity index (χ1n) is 5.78. The second-order valence-electron chi connectivity index (χ2n) is 4.12. The summed E-state index contributed by atoms with van der Waals surface area (Å²) in [4.78, 5) is 4.28. The molecule has 5 heteroatoms. The first-order chi connectivity index (χ1) is 8.61. The molecular weight excluding hydrogens is 253 g/mol. The molecule has 1 heterocycles. The minimum absolute atomic E-state index is 0.256. The van der Waals surface area contributed by atoms with Crippen LogP contribution in [0.25, 0.3) is 0 Å². The van der Waals surface area contributed by atoms with Gasteiger partial charge in [-0.1, -0.05) is 24.6 Å². The summed E-state index contributed by atoms with van der Waals surface area (Å²) in [5.41, 5.74) is 1.35. The van der Waals surface area contributed by atoms with Gasteiger partial charge in [0.05, 0.1) is 18.1 Å². The van der Waals surface area contributed by atoms with Gasteiger partial charge in [0.1, 0.15) is 5.82 Å². The number of aryl methyl sites for hydroxylation is 1. The Hall–Kier alpha value is -1.39. The maximum absolute atomic E-state index is 14.0. The van der Waals surface area contributed by atoms with Crippen molar-refractivity contribution < 1.29 is 4.39 Å². The monoisotopic (exact) mass is 267 g/mol. The summed E-state index contributed by atoms with van der Waals surface area (Å²) in [6, 6.07) is 4.45. The highest BCUT2D eigenvalue weighted by Crippen LogP contribution is 2.25. The topological polar surface area (TPSA) is 29.9 Å². The molecule has 1 aromatic carbocycles. The molecule has 0 aliphatic heterocycles. The van der Waals surface area contributed by atoms with Crippen molar-refractivity contribution in [2.75, 3.05) is 6.54 Å². The van der Waals surface area contributed by atoms with E-state index in [-0.39, 0.29) is 11.9 Å². The van der Waals surface area contributed by atoms with E-state index in [2.05, 4.69) is 10.3 Å². The number of benzene rings is 1. The first-order valence-corrected chi connectivity index (χ1v) is 6.15. The van der Waals surface area contributed by atoms with Crippen LogP contribution in [0.5, 0.6) is 0 Å². The van der Waals surface area contributed by atoms with Crippen LogP contribution in [0.3, 0.4) is 0 Å². The molecule has 0 spiro atoms. The summed E-state index contributed by atoms with van der Waals surface area (Å²) in [7, 11) is 1.89. The van der Waals surface area contributed by atoms with Crippen molar-refractivity contribution in [2.24, 2.45) is 7.05 Å². The average Bonchev–Trinajstić information content (AvgIpc) is 2.73. The normalized spacial score (nSPS) is 12.7. The van der Waals surface area contributed by atoms with Crippen LogP contribution in [0.1, 0.15) is 24.2 Å². The Morgan fingerprint density at radius 1 is 1.50 bits per heavy atom. The van der Waals surface area contributed by atoms with Gasteiger partial charge in [-0.05, 0) is 18.7 Å². The van der Waals surface area contributed by atoms with E-state index in [1.807, 2.05) is 24.7 Å². The summed E-state index contributed by atoms with van der Waals surface area (Å²) in [6.45, 7) is 2.70. The molecule has 1 N–H and O–H groups in total. The lowest BCUT2D eigenvalue weighted by Gasteiger charge is -2.17. The molecule has 1 atom stereocenters. The van der Waals surface area contributed by atoms with Gasteiger partial charge >= 0.3 is 0 Å². The molecule has 0 aliphatic rings. The number of hydrogen-bond donors (Lipinski definition) is 1. The molecule has 18 heavy (non-hydrogen) atoms. The van der Waals surface area contributed by atoms with Gasteiger partial charge in [0, 0.05) is 23.8 Å². The zero-order valence-corrected chi connectivity index (χ0v) is 11.1. The second kappa shape index (κ2) is 5.50. The number of imidazole rings is 1. The van der Waals surface area contributed by atoms with Crippen molar-refractivity contribution in [2.45, 2.75) is 13.0 Å². The Labute approximate surface area is 111 Å². The summed E-state index contributed by atoms with van der Waals surface area (Å²) in [6.07, 6.45) is 3.58. The number of hydrogen-bond acceptors (Lipinski definition) is 2. The van der Waals surface area contributed by atoms with Gasteiger partial charge in [0.25, 0.3) is 0 Å². The van der Waals surface area contributed by atoms with E-state index in [4.69, 9.17) is 11.6 Å². The number of aromatic nitrogens is 2. The molecule has 0 bridgehead atoms. The lowest BCUT2D eigenvalue weighted by atomic mass is 10.0. The fraction of sp³-hybridized carbons (Fsp3) is 0.308. The molecule has 0 saturated carbocycles. The number of nitrogens with zero attached hydrogens (tertiary/aromatic N) is 2. The van der Waals surface area contributed by atoms with Gasteiger partial charge in [-0.2, -0.15) is 0 Å². The number of nitrogens with one attached hydrogen (secondary N) is 1. The summed E-state index contributed by atoms with van der Waals surface area (Å²) in [5, 5.41) is 3.63. The quantitative estimate of drug-likeness (QED) is 0.923. The minimum Gasteiger partial charge on any atom is -0.340 e. The van der Waals surface area contributed by atoms with Crippen LogP contribution < -0.4 is 5.32 Å². The largest absolute Gasteiger partial charge is 0.340 e. The first kappa shape index (κ1) is 13.1. The molecule has 0 amide bonds. The SMILES string of the molecule is CCNC(c1cn(C)cn1)c1ccc(Cl)cc1F. The van der Waals surface area contributed by atoms with Crippen LogP contribution >= 0.6 is 11.6 Å². The van der Waals surface area contributed by atoms with Gasteiger partial charge in [-0.25, -0.2) is 9.37 Å². The van der Waals surface area contributed by atoms with Gasteiger partial charge in [0.2, 0.25) is 0 Å². The number of rotatable bonds is 4. The minimum atomic E-state index is -0.320. The van der Waals surface area contributed by atoms with Crippen molar-refractivity contribution in [3.63, 3.8) is 0 Å². The molecular formula is C13H15ClFN3. The second-order valence-corrected chi connectivity index (χ2v) is 4.56. The van der Waals surface area contributed by atoms with Crippen LogP contribution in [0.4, 0.5) is 4.39 Å². The third kappa shape index (κ3) is 2.71. The van der Waals surface area contributed by atoms with Gasteiger partial charge in [-0.3, -0.25) is 0 Å². The van der Waals surface area contributed by atoms with Crippen LogP contribution in [-0.2, 0) is 7.05 Å². The molecule has 2 rings (SSSR count). The predicted molar refractivity (Wildman–Crippen MR) is 70.1 cm³/mol. The summed E-state index contributed by atoms with van der Waals surface area (Å²) in [5.74, 6) is -0.320. The molecule has 0 radical (unpaired) electrons. The Morgan fingerprint density at radius 3 is 2.83 bits per heavy atom. The summed E-state index contributed by atoms with van der Waals surface area (Å²) < 4.78 is 15.8. The Morgan fingerprint density at radius 2 is 2.28 bits per heavy atom. The van der Waals surface area contributed by atoms with E-state index in [0.29, 0.717) is 10.6 Å². The number of halogens is 2. The zero-order chi connectivity index (χ0) is 13.1. The lowest BCUT2D eigenvalue weighted by Crippen LogP contribution is -2.23. The molecule has 96 valence electrons. The van der Waals surface area contributed by atoms with Crippen LogP contribution in [-0.4, -0.2) is 16.1 Å². The van der Waals surface area contributed by atoms with Crippen LogP contribution in [0, 0.1) is 5.82 Å². The zero-order valence-electron chi connectivity index (χ0n) is 10.3. The van der Waals surface area contributed by atoms with E-state index < -0.39 is 0 Å². The van der Waals surface area contributed by atoms with Gasteiger partial charge < -0.3 is 9.88 Å². The average molecular weight is 268 g/mol. The van der Waals surface area contributed by atoms with Crippen molar-refractivity contribution in [3.05, 3.63) is 52.8 Å². The fourth-order valence-electron chi connectivity index (χ4n) is 1.90. The van der Waals surface area contributed by atoms with E-state index in [9.17, 15) is 4.39 Å². The molecule has 0 fully saturated rings. The van der Waals surface area contributed by atoms with Crippen molar-refractivity contribution in [1.82, 2.24) is 14.9 Å². The van der Waals surface area contributed by atoms with Crippen molar-refractivity contribution >= 4 is 11.6 Å². The van der Waals surface area contributed by atoms with E-state index >= 15 is 0 Å². The van der Waals surface area contributed by atoms with E-state index in [0.717, 1.165) is 12.2 Å². The highest BCUT2D eigenvalue weighted by atomic mass is 35.5. The van der Waals surface area contributed by atoms with Crippen LogP contribution in [0.2, 0.25) is 5.02 Å². The molecule has 3 nitrogen and oxygen atoms in total. The standard InChI is InChI=1S/C13H15ClFN3/c1-3-16-13(12-7-18(2)8-17-12)10-5-4-9(14)6-11(10)15/h4-8,13,16H,3H2,1-2H3. The molecule has 2 aromatic rings. The highest BCUT2D eigenvalue weighted by molar-refractivity contribution is 6.30. The molecule has 0 saturated heterocycles. The van der Waals surface area contributed by atoms with E-state index in [1.54, 1.807) is 18.5 Å². The van der Waals surface area contributed by atoms with Gasteiger partial charge in [0.15, 0.2) is 0 Å². The maximum atomic E-state index is 14.0. The summed E-state index contributed by atoms with van der Waals surface area (Å²) >= 11 is 5.77. The Balaban J connectivity index is 2.41. The third-order valence-corrected chi connectivity index (χ3v) is 2.94. The van der Waals surface area contributed by atoms with Gasteiger partial charge in [-0.15, -0.1) is 0 Å². The van der Waals surface area contributed by atoms with Crippen molar-refractivity contribution in [3.8, 4) is 0 Å². The fourth-order valence-corrected chi connectivity index (χ4v) is 2.05. The van der Waals surface area contributed by atoms with Crippen molar-refractivity contribution in [1.29, 1.82) is 0 Å².